The van der Waals surface area contributed by atoms with Crippen LogP contribution in [0.3, 0.4) is 0 Å². The Balaban J connectivity index is 1.93. The lowest BCUT2D eigenvalue weighted by Gasteiger charge is -2.18. The Bertz CT molecular complexity index is 885. The van der Waals surface area contributed by atoms with Crippen molar-refractivity contribution in [3.8, 4) is 17.2 Å². The van der Waals surface area contributed by atoms with E-state index in [0.717, 1.165) is 29.7 Å². The van der Waals surface area contributed by atoms with Crippen molar-refractivity contribution >= 4 is 11.8 Å². The molecule has 0 saturated carbocycles. The van der Waals surface area contributed by atoms with Gasteiger partial charge in [-0.3, -0.25) is 9.59 Å². The number of fused-ring (bicyclic) bond motifs is 10. The minimum atomic E-state index is -0.330. The molecule has 4 bridgehead atoms. The lowest BCUT2D eigenvalue weighted by molar-refractivity contribution is -0.135. The lowest BCUT2D eigenvalue weighted by Crippen LogP contribution is -2.17. The smallest absolute Gasteiger partial charge is 0.311 e. The maximum atomic E-state index is 12.7. The topological polar surface area (TPSA) is 61.8 Å². The van der Waals surface area contributed by atoms with Crippen molar-refractivity contribution in [1.82, 2.24) is 0 Å². The summed E-state index contributed by atoms with van der Waals surface area (Å²) >= 11 is 0. The average molecular weight is 411 g/mol. The zero-order chi connectivity index (χ0) is 21.5. The molecular formula is C25H30O5. The summed E-state index contributed by atoms with van der Waals surface area (Å²) in [5, 5.41) is 0. The number of hydrogen-bond donors (Lipinski definition) is 0. The molecular weight excluding hydrogens is 380 g/mol. The molecule has 160 valence electrons. The van der Waals surface area contributed by atoms with E-state index >= 15 is 0 Å². The number of rotatable bonds is 3. The van der Waals surface area contributed by atoms with Crippen LogP contribution in [0.5, 0.6) is 17.2 Å². The van der Waals surface area contributed by atoms with Crippen molar-refractivity contribution in [3.63, 3.8) is 0 Å². The number of benzene rings is 2. The van der Waals surface area contributed by atoms with Gasteiger partial charge in [-0.25, -0.2) is 0 Å². The third kappa shape index (κ3) is 5.62. The van der Waals surface area contributed by atoms with E-state index < -0.39 is 0 Å². The SMILES string of the molecule is CCCc1c2ccc(C(C)=O)c1OC(=O)CC(C)Cc1ccc(cc1)OCCCO2. The highest BCUT2D eigenvalue weighted by Crippen LogP contribution is 2.35. The predicted molar refractivity (Wildman–Crippen MR) is 116 cm³/mol. The Labute approximate surface area is 178 Å². The molecule has 0 spiro atoms. The fraction of sp³-hybridized carbons (Fsp3) is 0.440. The van der Waals surface area contributed by atoms with Crippen molar-refractivity contribution in [1.29, 1.82) is 0 Å². The Morgan fingerprint density at radius 3 is 2.47 bits per heavy atom. The van der Waals surface area contributed by atoms with E-state index in [-0.39, 0.29) is 24.1 Å². The van der Waals surface area contributed by atoms with Crippen molar-refractivity contribution in [2.24, 2.45) is 5.92 Å². The van der Waals surface area contributed by atoms with E-state index in [0.29, 0.717) is 43.1 Å². The number of ether oxygens (including phenoxy) is 3. The molecule has 1 unspecified atom stereocenters. The zero-order valence-electron chi connectivity index (χ0n) is 18.0. The van der Waals surface area contributed by atoms with E-state index in [4.69, 9.17) is 14.2 Å². The monoisotopic (exact) mass is 410 g/mol. The lowest BCUT2D eigenvalue weighted by atomic mass is 9.98. The van der Waals surface area contributed by atoms with E-state index in [1.807, 2.05) is 38.1 Å². The molecule has 2 aliphatic rings. The third-order valence-corrected chi connectivity index (χ3v) is 5.15. The first-order valence-electron chi connectivity index (χ1n) is 10.7. The number of hydrogen-bond acceptors (Lipinski definition) is 5. The molecule has 2 heterocycles. The molecule has 0 saturated heterocycles. The second-order valence-corrected chi connectivity index (χ2v) is 7.91. The quantitative estimate of drug-likeness (QED) is 0.396. The van der Waals surface area contributed by atoms with Gasteiger partial charge in [0.05, 0.1) is 18.8 Å². The first kappa shape index (κ1) is 21.9. The van der Waals surface area contributed by atoms with Crippen molar-refractivity contribution in [2.75, 3.05) is 13.2 Å². The number of esters is 1. The maximum Gasteiger partial charge on any atom is 0.311 e. The van der Waals surface area contributed by atoms with Gasteiger partial charge in [0, 0.05) is 18.4 Å². The van der Waals surface area contributed by atoms with Crippen LogP contribution in [-0.2, 0) is 17.6 Å². The molecule has 2 aliphatic heterocycles. The summed E-state index contributed by atoms with van der Waals surface area (Å²) in [5.41, 5.74) is 2.35. The van der Waals surface area contributed by atoms with Crippen LogP contribution >= 0.6 is 0 Å². The molecule has 5 heteroatoms. The summed E-state index contributed by atoms with van der Waals surface area (Å²) in [6.45, 7) is 6.58. The Hall–Kier alpha value is -2.82. The van der Waals surface area contributed by atoms with E-state index in [9.17, 15) is 9.59 Å². The molecule has 2 aromatic rings. The van der Waals surface area contributed by atoms with Crippen LogP contribution in [0.1, 0.15) is 61.5 Å². The van der Waals surface area contributed by atoms with Gasteiger partial charge in [-0.15, -0.1) is 0 Å². The highest BCUT2D eigenvalue weighted by Gasteiger charge is 2.22. The molecule has 0 fully saturated rings. The number of Topliss-reactive ketones (excluding diaryl/α,β-unsaturated/α-hetero) is 1. The van der Waals surface area contributed by atoms with Gasteiger partial charge in [0.2, 0.25) is 0 Å². The molecule has 0 aromatic heterocycles. The van der Waals surface area contributed by atoms with Crippen LogP contribution < -0.4 is 14.2 Å². The largest absolute Gasteiger partial charge is 0.493 e. The van der Waals surface area contributed by atoms with Gasteiger partial charge in [0.15, 0.2) is 5.78 Å². The molecule has 1 atom stereocenters. The van der Waals surface area contributed by atoms with E-state index in [2.05, 4.69) is 0 Å². The third-order valence-electron chi connectivity index (χ3n) is 5.15. The standard InChI is InChI=1S/C25H30O5/c1-4-6-22-23-12-11-21(18(3)26)25(22)30-24(27)16-17(2)15-19-7-9-20(10-8-19)28-13-5-14-29-23/h7-12,17H,4-6,13-16H2,1-3H3. The van der Waals surface area contributed by atoms with Crippen LogP contribution in [-0.4, -0.2) is 25.0 Å². The normalized spacial score (nSPS) is 17.4. The molecule has 0 N–H and O–H groups in total. The van der Waals surface area contributed by atoms with Gasteiger partial charge in [-0.2, -0.15) is 0 Å². The summed E-state index contributed by atoms with van der Waals surface area (Å²) in [6.07, 6.45) is 3.25. The van der Waals surface area contributed by atoms with Crippen molar-refractivity contribution in [2.45, 2.75) is 52.9 Å². The van der Waals surface area contributed by atoms with Crippen LogP contribution in [0, 0.1) is 5.92 Å². The summed E-state index contributed by atoms with van der Waals surface area (Å²) < 4.78 is 17.6. The number of ketones is 1. The zero-order valence-corrected chi connectivity index (χ0v) is 18.0. The summed E-state index contributed by atoms with van der Waals surface area (Å²) in [4.78, 5) is 24.9. The van der Waals surface area contributed by atoms with E-state index in [1.165, 1.54) is 6.92 Å². The molecule has 30 heavy (non-hydrogen) atoms. The minimum absolute atomic E-state index is 0.106. The first-order chi connectivity index (χ1) is 14.5. The second kappa shape index (κ2) is 10.3. The minimum Gasteiger partial charge on any atom is -0.493 e. The van der Waals surface area contributed by atoms with Gasteiger partial charge in [0.25, 0.3) is 0 Å². The molecule has 5 nitrogen and oxygen atoms in total. The summed E-state index contributed by atoms with van der Waals surface area (Å²) in [5.74, 6) is 1.48. The maximum absolute atomic E-state index is 12.7. The fourth-order valence-electron chi connectivity index (χ4n) is 3.69. The van der Waals surface area contributed by atoms with Crippen LogP contribution in [0.4, 0.5) is 0 Å². The Morgan fingerprint density at radius 2 is 1.77 bits per heavy atom. The van der Waals surface area contributed by atoms with Crippen LogP contribution in [0.2, 0.25) is 0 Å². The van der Waals surface area contributed by atoms with E-state index in [1.54, 1.807) is 12.1 Å². The first-order valence-corrected chi connectivity index (χ1v) is 10.7. The molecule has 2 aromatic carbocycles. The average Bonchev–Trinajstić information content (AvgIpc) is 2.70. The number of carbonyl (C=O) groups is 2. The van der Waals surface area contributed by atoms with Crippen molar-refractivity contribution in [3.05, 3.63) is 53.1 Å². The van der Waals surface area contributed by atoms with Gasteiger partial charge in [-0.1, -0.05) is 32.4 Å². The van der Waals surface area contributed by atoms with Gasteiger partial charge >= 0.3 is 5.97 Å². The summed E-state index contributed by atoms with van der Waals surface area (Å²) in [6, 6.07) is 11.5. The highest BCUT2D eigenvalue weighted by molar-refractivity contribution is 5.98. The van der Waals surface area contributed by atoms with Crippen LogP contribution in [0.15, 0.2) is 36.4 Å². The number of carbonyl (C=O) groups excluding carboxylic acids is 2. The van der Waals surface area contributed by atoms with Crippen molar-refractivity contribution < 1.29 is 23.8 Å². The van der Waals surface area contributed by atoms with Gasteiger partial charge in [-0.05, 0) is 55.5 Å². The van der Waals surface area contributed by atoms with Crippen LogP contribution in [0.25, 0.3) is 0 Å². The fourth-order valence-corrected chi connectivity index (χ4v) is 3.69. The predicted octanol–water partition coefficient (Wildman–Crippen LogP) is 5.18. The highest BCUT2D eigenvalue weighted by atomic mass is 16.5. The summed E-state index contributed by atoms with van der Waals surface area (Å²) in [7, 11) is 0. The van der Waals surface area contributed by atoms with Gasteiger partial charge < -0.3 is 14.2 Å². The van der Waals surface area contributed by atoms with Gasteiger partial charge in [0.1, 0.15) is 17.2 Å². The Kier molecular flexibility index (Phi) is 7.50. The molecule has 4 rings (SSSR count). The Morgan fingerprint density at radius 1 is 1.03 bits per heavy atom. The molecule has 0 aliphatic carbocycles. The molecule has 0 radical (unpaired) electrons. The second-order valence-electron chi connectivity index (χ2n) is 7.91. The molecule has 0 amide bonds.